The number of halogens is 1. The molecule has 1 unspecified atom stereocenters. The molecule has 1 fully saturated rings. The van der Waals surface area contributed by atoms with E-state index in [0.717, 1.165) is 19.6 Å². The van der Waals surface area contributed by atoms with Crippen LogP contribution in [0.15, 0.2) is 35.3 Å². The van der Waals surface area contributed by atoms with Crippen molar-refractivity contribution in [2.24, 2.45) is 4.99 Å². The van der Waals surface area contributed by atoms with E-state index in [4.69, 9.17) is 4.74 Å². The molecule has 2 N–H and O–H groups in total. The molecule has 1 aliphatic rings. The fourth-order valence-electron chi connectivity index (χ4n) is 3.10. The van der Waals surface area contributed by atoms with E-state index in [0.29, 0.717) is 25.2 Å². The largest absolute Gasteiger partial charge is 0.383 e. The van der Waals surface area contributed by atoms with E-state index in [2.05, 4.69) is 50.9 Å². The van der Waals surface area contributed by atoms with Gasteiger partial charge in [-0.2, -0.15) is 0 Å². The van der Waals surface area contributed by atoms with Crippen molar-refractivity contribution in [2.45, 2.75) is 25.4 Å². The second-order valence-corrected chi connectivity index (χ2v) is 7.01. The normalized spacial score (nSPS) is 17.1. The fourth-order valence-corrected chi connectivity index (χ4v) is 3.10. The van der Waals surface area contributed by atoms with E-state index in [1.807, 2.05) is 0 Å². The highest BCUT2D eigenvalue weighted by Gasteiger charge is 2.24. The van der Waals surface area contributed by atoms with Crippen LogP contribution in [0.2, 0.25) is 0 Å². The number of likely N-dealkylation sites (tertiary alicyclic amines) is 1. The minimum atomic E-state index is -0.0191. The summed E-state index contributed by atoms with van der Waals surface area (Å²) in [6.07, 6.45) is 2.38. The molecule has 7 nitrogen and oxygen atoms in total. The molecule has 0 aliphatic carbocycles. The second kappa shape index (κ2) is 13.7. The third-order valence-corrected chi connectivity index (χ3v) is 4.70. The molecule has 0 spiro atoms. The Morgan fingerprint density at radius 1 is 1.29 bits per heavy atom. The monoisotopic (exact) mass is 503 g/mol. The molecule has 28 heavy (non-hydrogen) atoms. The summed E-state index contributed by atoms with van der Waals surface area (Å²) in [7, 11) is 5.15. The lowest BCUT2D eigenvalue weighted by Crippen LogP contribution is -2.45. The van der Waals surface area contributed by atoms with Crippen LogP contribution in [-0.2, 0) is 16.1 Å². The summed E-state index contributed by atoms with van der Waals surface area (Å²) in [6.45, 7) is 4.26. The molecule has 0 saturated carbocycles. The van der Waals surface area contributed by atoms with E-state index in [9.17, 15) is 4.79 Å². The second-order valence-electron chi connectivity index (χ2n) is 7.01. The number of ether oxygens (including phenoxy) is 1. The van der Waals surface area contributed by atoms with Crippen molar-refractivity contribution < 1.29 is 9.53 Å². The molecule has 1 aliphatic heterocycles. The lowest BCUT2D eigenvalue weighted by atomic mass is 10.2. The van der Waals surface area contributed by atoms with Crippen molar-refractivity contribution >= 4 is 35.8 Å². The lowest BCUT2D eigenvalue weighted by Gasteiger charge is -2.25. The Kier molecular flexibility index (Phi) is 12.1. The molecule has 1 aromatic rings. The first-order valence-electron chi connectivity index (χ1n) is 9.59. The Morgan fingerprint density at radius 3 is 2.71 bits per heavy atom. The number of rotatable bonds is 9. The van der Waals surface area contributed by atoms with Crippen LogP contribution >= 0.6 is 24.0 Å². The van der Waals surface area contributed by atoms with Crippen molar-refractivity contribution in [1.29, 1.82) is 0 Å². The molecule has 1 amide bonds. The summed E-state index contributed by atoms with van der Waals surface area (Å²) in [5, 5.41) is 6.63. The molecule has 0 aromatic heterocycles. The zero-order chi connectivity index (χ0) is 19.5. The first-order chi connectivity index (χ1) is 13.1. The van der Waals surface area contributed by atoms with E-state index in [1.165, 1.54) is 18.4 Å². The number of hydrogen-bond donors (Lipinski definition) is 2. The highest BCUT2D eigenvalue weighted by atomic mass is 127. The SMILES string of the molecule is COCCNC(=NCC(=O)N(C)C)NCC1CCCN1Cc1ccccc1.I. The van der Waals surface area contributed by atoms with Crippen molar-refractivity contribution in [2.75, 3.05) is 54.0 Å². The van der Waals surface area contributed by atoms with Crippen LogP contribution in [0.1, 0.15) is 18.4 Å². The molecular formula is C20H34IN5O2. The minimum Gasteiger partial charge on any atom is -0.383 e. The fraction of sp³-hybridized carbons (Fsp3) is 0.600. The summed E-state index contributed by atoms with van der Waals surface area (Å²) in [6, 6.07) is 11.0. The molecular weight excluding hydrogens is 469 g/mol. The Morgan fingerprint density at radius 2 is 2.04 bits per heavy atom. The zero-order valence-electron chi connectivity index (χ0n) is 17.2. The van der Waals surface area contributed by atoms with Gasteiger partial charge in [-0.3, -0.25) is 9.69 Å². The topological polar surface area (TPSA) is 69.2 Å². The van der Waals surface area contributed by atoms with Crippen LogP contribution in [-0.4, -0.2) is 81.7 Å². The molecule has 158 valence electrons. The van der Waals surface area contributed by atoms with Crippen LogP contribution in [0, 0.1) is 0 Å². The maximum absolute atomic E-state index is 11.8. The van der Waals surface area contributed by atoms with Gasteiger partial charge in [-0.05, 0) is 24.9 Å². The van der Waals surface area contributed by atoms with Gasteiger partial charge in [0.1, 0.15) is 6.54 Å². The summed E-state index contributed by atoms with van der Waals surface area (Å²) >= 11 is 0. The third-order valence-electron chi connectivity index (χ3n) is 4.70. The van der Waals surface area contributed by atoms with Gasteiger partial charge in [0, 0.05) is 46.9 Å². The van der Waals surface area contributed by atoms with Crippen molar-refractivity contribution in [3.05, 3.63) is 35.9 Å². The number of benzene rings is 1. The summed E-state index contributed by atoms with van der Waals surface area (Å²) in [5.41, 5.74) is 1.34. The van der Waals surface area contributed by atoms with Crippen LogP contribution < -0.4 is 10.6 Å². The predicted octanol–water partition coefficient (Wildman–Crippen LogP) is 1.54. The lowest BCUT2D eigenvalue weighted by molar-refractivity contribution is -0.127. The molecule has 2 rings (SSSR count). The molecule has 1 atom stereocenters. The molecule has 1 aromatic carbocycles. The predicted molar refractivity (Wildman–Crippen MR) is 124 cm³/mol. The van der Waals surface area contributed by atoms with E-state index >= 15 is 0 Å². The highest BCUT2D eigenvalue weighted by Crippen LogP contribution is 2.19. The van der Waals surface area contributed by atoms with Gasteiger partial charge in [0.25, 0.3) is 0 Å². The van der Waals surface area contributed by atoms with Gasteiger partial charge in [-0.15, -0.1) is 24.0 Å². The van der Waals surface area contributed by atoms with Crippen LogP contribution in [0.3, 0.4) is 0 Å². The van der Waals surface area contributed by atoms with Gasteiger partial charge in [-0.25, -0.2) is 4.99 Å². The average Bonchev–Trinajstić information content (AvgIpc) is 3.11. The van der Waals surface area contributed by atoms with Crippen LogP contribution in [0.5, 0.6) is 0 Å². The number of hydrogen-bond acceptors (Lipinski definition) is 4. The van der Waals surface area contributed by atoms with Gasteiger partial charge >= 0.3 is 0 Å². The summed E-state index contributed by atoms with van der Waals surface area (Å²) in [4.78, 5) is 20.3. The van der Waals surface area contributed by atoms with Gasteiger partial charge in [0.15, 0.2) is 5.96 Å². The molecule has 8 heteroatoms. The molecule has 1 saturated heterocycles. The number of methoxy groups -OCH3 is 1. The first kappa shape index (κ1) is 24.6. The van der Waals surface area contributed by atoms with E-state index in [1.54, 1.807) is 26.1 Å². The Balaban J connectivity index is 0.00000392. The number of likely N-dealkylation sites (N-methyl/N-ethyl adjacent to an activating group) is 1. The van der Waals surface area contributed by atoms with Gasteiger partial charge in [0.05, 0.1) is 6.61 Å². The van der Waals surface area contributed by atoms with Crippen LogP contribution in [0.25, 0.3) is 0 Å². The standard InChI is InChI=1S/C20H33N5O2.HI/c1-24(2)19(26)15-23-20(21-11-13-27-3)22-14-18-10-7-12-25(18)16-17-8-5-4-6-9-17;/h4-6,8-9,18H,7,10-16H2,1-3H3,(H2,21,22,23);1H. The highest BCUT2D eigenvalue weighted by molar-refractivity contribution is 14.0. The number of amides is 1. The van der Waals surface area contributed by atoms with E-state index < -0.39 is 0 Å². The third kappa shape index (κ3) is 8.74. The van der Waals surface area contributed by atoms with Gasteiger partial charge in [-0.1, -0.05) is 30.3 Å². The Hall–Kier alpha value is -1.39. The number of aliphatic imine (C=N–C) groups is 1. The van der Waals surface area contributed by atoms with Crippen molar-refractivity contribution in [3.8, 4) is 0 Å². The average molecular weight is 503 g/mol. The number of guanidine groups is 1. The van der Waals surface area contributed by atoms with E-state index in [-0.39, 0.29) is 36.4 Å². The van der Waals surface area contributed by atoms with Crippen molar-refractivity contribution in [1.82, 2.24) is 20.4 Å². The van der Waals surface area contributed by atoms with Gasteiger partial charge in [0.2, 0.25) is 5.91 Å². The molecule has 0 bridgehead atoms. The number of nitrogens with zero attached hydrogens (tertiary/aromatic N) is 3. The quantitative estimate of drug-likeness (QED) is 0.232. The van der Waals surface area contributed by atoms with Crippen LogP contribution in [0.4, 0.5) is 0 Å². The van der Waals surface area contributed by atoms with Gasteiger partial charge < -0.3 is 20.3 Å². The zero-order valence-corrected chi connectivity index (χ0v) is 19.5. The van der Waals surface area contributed by atoms with Crippen molar-refractivity contribution in [3.63, 3.8) is 0 Å². The Labute approximate surface area is 185 Å². The maximum atomic E-state index is 11.8. The molecule has 1 heterocycles. The minimum absolute atomic E-state index is 0. The Bertz CT molecular complexity index is 598. The number of nitrogens with one attached hydrogen (secondary N) is 2. The first-order valence-corrected chi connectivity index (χ1v) is 9.59. The molecule has 0 radical (unpaired) electrons. The number of carbonyl (C=O) groups is 1. The summed E-state index contributed by atoms with van der Waals surface area (Å²) < 4.78 is 5.09. The summed E-state index contributed by atoms with van der Waals surface area (Å²) in [5.74, 6) is 0.642. The number of carbonyl (C=O) groups excluding carboxylic acids is 1. The smallest absolute Gasteiger partial charge is 0.243 e. The maximum Gasteiger partial charge on any atom is 0.243 e.